The van der Waals surface area contributed by atoms with Gasteiger partial charge in [-0.15, -0.1) is 0 Å². The summed E-state index contributed by atoms with van der Waals surface area (Å²) in [6.45, 7) is 4.19. The number of unbranched alkanes of at least 4 members (excludes halogenated alkanes) is 1. The van der Waals surface area contributed by atoms with Crippen molar-refractivity contribution in [2.45, 2.75) is 38.5 Å². The molecule has 0 aliphatic carbocycles. The van der Waals surface area contributed by atoms with Crippen LogP contribution >= 0.6 is 15.9 Å². The van der Waals surface area contributed by atoms with E-state index in [2.05, 4.69) is 33.0 Å². The molecule has 0 saturated carbocycles. The number of aromatic nitrogens is 2. The Balaban J connectivity index is 1.32. The maximum Gasteiger partial charge on any atom is 0.253 e. The standard InChI is InChI=1S/C24H26BrN3O3/c1-2-3-16-30-21-10-6-19(7-11-21)24(29)28-14-12-18(13-15-28)23-26-22(27-31-23)17-4-8-20(25)9-5-17/h4-11,18H,2-3,12-16H2,1H3. The Kier molecular flexibility index (Phi) is 7.02. The van der Waals surface area contributed by atoms with Gasteiger partial charge in [0.25, 0.3) is 5.91 Å². The minimum absolute atomic E-state index is 0.0552. The molecule has 0 bridgehead atoms. The lowest BCUT2D eigenvalue weighted by atomic mass is 9.96. The topological polar surface area (TPSA) is 68.5 Å². The van der Waals surface area contributed by atoms with Crippen molar-refractivity contribution in [1.29, 1.82) is 0 Å². The zero-order chi connectivity index (χ0) is 21.6. The van der Waals surface area contributed by atoms with Gasteiger partial charge in [-0.1, -0.05) is 34.4 Å². The maximum absolute atomic E-state index is 12.9. The number of piperidine rings is 1. The van der Waals surface area contributed by atoms with E-state index in [0.717, 1.165) is 41.5 Å². The zero-order valence-corrected chi connectivity index (χ0v) is 19.2. The first-order chi connectivity index (χ1) is 15.1. The SMILES string of the molecule is CCCCOc1ccc(C(=O)N2CCC(c3nc(-c4ccc(Br)cc4)no3)CC2)cc1. The van der Waals surface area contributed by atoms with Crippen LogP contribution in [0.25, 0.3) is 11.4 Å². The second kappa shape index (κ2) is 10.1. The van der Waals surface area contributed by atoms with E-state index >= 15 is 0 Å². The monoisotopic (exact) mass is 483 g/mol. The number of halogens is 1. The van der Waals surface area contributed by atoms with Gasteiger partial charge in [-0.05, 0) is 67.8 Å². The van der Waals surface area contributed by atoms with Crippen LogP contribution in [0.5, 0.6) is 5.75 Å². The van der Waals surface area contributed by atoms with Crippen LogP contribution < -0.4 is 4.74 Å². The molecule has 1 fully saturated rings. The molecule has 1 aliphatic heterocycles. The van der Waals surface area contributed by atoms with E-state index in [4.69, 9.17) is 9.26 Å². The molecule has 2 aromatic carbocycles. The van der Waals surface area contributed by atoms with Crippen LogP contribution in [0.4, 0.5) is 0 Å². The first-order valence-electron chi connectivity index (χ1n) is 10.8. The molecule has 162 valence electrons. The Morgan fingerprint density at radius 3 is 2.52 bits per heavy atom. The van der Waals surface area contributed by atoms with Gasteiger partial charge in [0.2, 0.25) is 11.7 Å². The van der Waals surface area contributed by atoms with E-state index < -0.39 is 0 Å². The first kappa shape index (κ1) is 21.6. The van der Waals surface area contributed by atoms with Crippen molar-refractivity contribution in [3.63, 3.8) is 0 Å². The maximum atomic E-state index is 12.9. The lowest BCUT2D eigenvalue weighted by molar-refractivity contribution is 0.0704. The number of rotatable bonds is 7. The molecular formula is C24H26BrN3O3. The highest BCUT2D eigenvalue weighted by Gasteiger charge is 2.28. The summed E-state index contributed by atoms with van der Waals surface area (Å²) in [5.41, 5.74) is 1.62. The molecule has 0 N–H and O–H groups in total. The second-order valence-corrected chi connectivity index (χ2v) is 8.67. The number of likely N-dealkylation sites (tertiary alicyclic amines) is 1. The van der Waals surface area contributed by atoms with Crippen molar-refractivity contribution < 1.29 is 14.1 Å². The second-order valence-electron chi connectivity index (χ2n) is 7.76. The zero-order valence-electron chi connectivity index (χ0n) is 17.6. The quantitative estimate of drug-likeness (QED) is 0.403. The Labute approximate surface area is 190 Å². The summed E-state index contributed by atoms with van der Waals surface area (Å²) in [7, 11) is 0. The van der Waals surface area contributed by atoms with Crippen LogP contribution in [-0.2, 0) is 0 Å². The van der Waals surface area contributed by atoms with Gasteiger partial charge in [-0.2, -0.15) is 4.98 Å². The summed E-state index contributed by atoms with van der Waals surface area (Å²) in [5.74, 6) is 2.29. The molecule has 3 aromatic rings. The molecule has 31 heavy (non-hydrogen) atoms. The number of benzene rings is 2. The minimum Gasteiger partial charge on any atom is -0.494 e. The van der Waals surface area contributed by atoms with Crippen LogP contribution in [0.15, 0.2) is 57.5 Å². The predicted octanol–water partition coefficient (Wildman–Crippen LogP) is 5.70. The van der Waals surface area contributed by atoms with Gasteiger partial charge in [-0.3, -0.25) is 4.79 Å². The van der Waals surface area contributed by atoms with E-state index in [1.54, 1.807) is 0 Å². The fourth-order valence-corrected chi connectivity index (χ4v) is 3.92. The van der Waals surface area contributed by atoms with E-state index in [9.17, 15) is 4.79 Å². The largest absolute Gasteiger partial charge is 0.494 e. The first-order valence-corrected chi connectivity index (χ1v) is 11.5. The van der Waals surface area contributed by atoms with Crippen molar-refractivity contribution in [2.24, 2.45) is 0 Å². The highest BCUT2D eigenvalue weighted by Crippen LogP contribution is 2.29. The summed E-state index contributed by atoms with van der Waals surface area (Å²) in [6, 6.07) is 15.3. The van der Waals surface area contributed by atoms with Gasteiger partial charge in [0.05, 0.1) is 6.61 Å². The van der Waals surface area contributed by atoms with Crippen LogP contribution in [0, 0.1) is 0 Å². The molecule has 4 rings (SSSR count). The number of amides is 1. The van der Waals surface area contributed by atoms with E-state index in [1.807, 2.05) is 53.4 Å². The Bertz CT molecular complexity index is 994. The average Bonchev–Trinajstić information content (AvgIpc) is 3.30. The fourth-order valence-electron chi connectivity index (χ4n) is 3.66. The van der Waals surface area contributed by atoms with Crippen molar-refractivity contribution in [2.75, 3.05) is 19.7 Å². The molecule has 0 unspecified atom stereocenters. The summed E-state index contributed by atoms with van der Waals surface area (Å²) >= 11 is 3.43. The number of ether oxygens (including phenoxy) is 1. The molecule has 0 radical (unpaired) electrons. The van der Waals surface area contributed by atoms with Gasteiger partial charge in [0, 0.05) is 34.6 Å². The minimum atomic E-state index is 0.0552. The third-order valence-corrected chi connectivity index (χ3v) is 6.07. The van der Waals surface area contributed by atoms with E-state index in [0.29, 0.717) is 37.0 Å². The van der Waals surface area contributed by atoms with Crippen LogP contribution in [0.1, 0.15) is 54.8 Å². The third-order valence-electron chi connectivity index (χ3n) is 5.54. The van der Waals surface area contributed by atoms with E-state index in [1.165, 1.54) is 0 Å². The van der Waals surface area contributed by atoms with E-state index in [-0.39, 0.29) is 11.8 Å². The smallest absolute Gasteiger partial charge is 0.253 e. The molecule has 1 amide bonds. The molecule has 7 heteroatoms. The summed E-state index contributed by atoms with van der Waals surface area (Å²) in [4.78, 5) is 19.4. The molecule has 1 aromatic heterocycles. The molecule has 6 nitrogen and oxygen atoms in total. The average molecular weight is 484 g/mol. The van der Waals surface area contributed by atoms with Gasteiger partial charge >= 0.3 is 0 Å². The van der Waals surface area contributed by atoms with Gasteiger partial charge in [0.15, 0.2) is 0 Å². The molecule has 1 aliphatic rings. The Hall–Kier alpha value is -2.67. The molecule has 0 atom stereocenters. The van der Waals surface area contributed by atoms with Crippen LogP contribution in [0.2, 0.25) is 0 Å². The molecular weight excluding hydrogens is 458 g/mol. The molecule has 1 saturated heterocycles. The van der Waals surface area contributed by atoms with Crippen molar-refractivity contribution in [3.05, 3.63) is 64.5 Å². The van der Waals surface area contributed by atoms with Crippen LogP contribution in [-0.4, -0.2) is 40.6 Å². The van der Waals surface area contributed by atoms with Gasteiger partial charge in [-0.25, -0.2) is 0 Å². The Morgan fingerprint density at radius 1 is 1.13 bits per heavy atom. The number of hydrogen-bond donors (Lipinski definition) is 0. The fraction of sp³-hybridized carbons (Fsp3) is 0.375. The van der Waals surface area contributed by atoms with Crippen LogP contribution in [0.3, 0.4) is 0 Å². The summed E-state index contributed by atoms with van der Waals surface area (Å²) < 4.78 is 12.2. The van der Waals surface area contributed by atoms with Gasteiger partial charge < -0.3 is 14.2 Å². The Morgan fingerprint density at radius 2 is 1.84 bits per heavy atom. The molecule has 2 heterocycles. The van der Waals surface area contributed by atoms with Crippen molar-refractivity contribution >= 4 is 21.8 Å². The number of nitrogens with zero attached hydrogens (tertiary/aromatic N) is 3. The normalized spacial score (nSPS) is 14.6. The third kappa shape index (κ3) is 5.34. The highest BCUT2D eigenvalue weighted by atomic mass is 79.9. The van der Waals surface area contributed by atoms with Crippen molar-refractivity contribution in [3.8, 4) is 17.1 Å². The lowest BCUT2D eigenvalue weighted by Gasteiger charge is -2.30. The number of hydrogen-bond acceptors (Lipinski definition) is 5. The van der Waals surface area contributed by atoms with Gasteiger partial charge in [0.1, 0.15) is 5.75 Å². The highest BCUT2D eigenvalue weighted by molar-refractivity contribution is 9.10. The predicted molar refractivity (Wildman–Crippen MR) is 122 cm³/mol. The molecule has 0 spiro atoms. The summed E-state index contributed by atoms with van der Waals surface area (Å²) in [6.07, 6.45) is 3.75. The number of carbonyl (C=O) groups is 1. The summed E-state index contributed by atoms with van der Waals surface area (Å²) in [5, 5.41) is 4.13. The lowest BCUT2D eigenvalue weighted by Crippen LogP contribution is -2.38. The number of carbonyl (C=O) groups excluding carboxylic acids is 1. The van der Waals surface area contributed by atoms with Crippen molar-refractivity contribution in [1.82, 2.24) is 15.0 Å².